The predicted octanol–water partition coefficient (Wildman–Crippen LogP) is 7.69. The van der Waals surface area contributed by atoms with E-state index in [-0.39, 0.29) is 39.4 Å². The zero-order valence-electron chi connectivity index (χ0n) is 34.1. The van der Waals surface area contributed by atoms with Gasteiger partial charge in [0.25, 0.3) is 0 Å². The first kappa shape index (κ1) is 38.2. The number of aliphatic carboxylic acids is 1. The number of anilines is 4. The molecule has 308 valence electrons. The summed E-state index contributed by atoms with van der Waals surface area (Å²) in [6.45, 7) is 12.1. The highest BCUT2D eigenvalue weighted by Crippen LogP contribution is 2.88. The van der Waals surface area contributed by atoms with Crippen LogP contribution in [0.2, 0.25) is 0 Å². The molecule has 1 aromatic carbocycles. The van der Waals surface area contributed by atoms with E-state index in [1.807, 2.05) is 61.3 Å². The number of carbonyl (C=O) groups is 2. The maximum Gasteiger partial charge on any atom is 0.355 e. The van der Waals surface area contributed by atoms with Crippen molar-refractivity contribution in [2.45, 2.75) is 97.6 Å². The van der Waals surface area contributed by atoms with Crippen molar-refractivity contribution in [3.05, 3.63) is 65.1 Å². The van der Waals surface area contributed by atoms with Gasteiger partial charge in [0.05, 0.1) is 35.0 Å². The van der Waals surface area contributed by atoms with Crippen LogP contribution in [0.3, 0.4) is 0 Å². The van der Waals surface area contributed by atoms with Gasteiger partial charge in [0.2, 0.25) is 0 Å². The van der Waals surface area contributed by atoms with Crippen molar-refractivity contribution >= 4 is 56.1 Å². The maximum absolute atomic E-state index is 12.9. The van der Waals surface area contributed by atoms with E-state index in [0.29, 0.717) is 49.3 Å². The number of hydrogen-bond donors (Lipinski definition) is 4. The van der Waals surface area contributed by atoms with Gasteiger partial charge in [-0.25, -0.2) is 14.8 Å². The Hall–Kier alpha value is -4.99. The lowest BCUT2D eigenvalue weighted by molar-refractivity contribution is -0.252. The summed E-state index contributed by atoms with van der Waals surface area (Å²) in [5.41, 5.74) is 5.67. The number of nitrogens with one attached hydrogen (secondary N) is 2. The summed E-state index contributed by atoms with van der Waals surface area (Å²) in [6, 6.07) is 11.8. The Bertz CT molecular complexity index is 2500. The van der Waals surface area contributed by atoms with Crippen LogP contribution in [-0.4, -0.2) is 83.9 Å². The average molecular weight is 818 g/mol. The first-order valence-electron chi connectivity index (χ1n) is 20.8. The lowest BCUT2D eigenvalue weighted by atomic mass is 9.44. The Morgan fingerprint density at radius 3 is 2.61 bits per heavy atom. The topological polar surface area (TPSA) is 181 Å². The van der Waals surface area contributed by atoms with Gasteiger partial charge in [0.15, 0.2) is 22.5 Å². The first-order chi connectivity index (χ1) is 28.2. The largest absolute Gasteiger partial charge is 0.481 e. The van der Waals surface area contributed by atoms with Crippen LogP contribution >= 0.6 is 11.3 Å². The Kier molecular flexibility index (Phi) is 8.76. The second-order valence-electron chi connectivity index (χ2n) is 18.8. The highest BCUT2D eigenvalue weighted by molar-refractivity contribution is 7.22. The lowest BCUT2D eigenvalue weighted by Gasteiger charge is -2.64. The normalized spacial score (nSPS) is 28.8. The molecule has 1 aliphatic heterocycles. The molecule has 5 heterocycles. The molecule has 3 bridgehead atoms. The number of fused-ring (bicyclic) bond motifs is 4. The van der Waals surface area contributed by atoms with Gasteiger partial charge in [-0.3, -0.25) is 9.48 Å². The number of aromatic nitrogens is 6. The van der Waals surface area contributed by atoms with Crippen LogP contribution < -0.4 is 15.5 Å². The standard InChI is InChI=1S/C44H51N9O5S/c1-26-28-8-7-16-52(37(28)51-50-36(26)49-39-47-31-9-5-6-10-32(31)59-39)33-12-11-29(35(48-33)38(56)57)30-18-46-53(27(30)2)25-42-19-40(3)20-43(24-42)41(4,22-42)23-44(43,21-40)58-17-15-45-14-13-34(54)55/h5-6,9-12,18,45H,7-8,13-17,19-25H2,1-4H3,(H,54,55)(H,56,57)(H,47,49,50). The van der Waals surface area contributed by atoms with Crippen molar-refractivity contribution < 1.29 is 24.5 Å². The number of thiazole rings is 1. The van der Waals surface area contributed by atoms with Gasteiger partial charge in [-0.2, -0.15) is 5.10 Å². The summed E-state index contributed by atoms with van der Waals surface area (Å²) in [7, 11) is 0. The molecule has 5 atom stereocenters. The molecule has 0 radical (unpaired) electrons. The summed E-state index contributed by atoms with van der Waals surface area (Å²) in [4.78, 5) is 35.4. The minimum atomic E-state index is -1.09. The van der Waals surface area contributed by atoms with E-state index in [4.69, 9.17) is 24.9 Å². The fourth-order valence-electron chi connectivity index (χ4n) is 13.0. The van der Waals surface area contributed by atoms with Crippen LogP contribution in [0.4, 0.5) is 22.6 Å². The Labute approximate surface area is 346 Å². The Balaban J connectivity index is 0.883. The van der Waals surface area contributed by atoms with E-state index >= 15 is 0 Å². The molecule has 5 unspecified atom stereocenters. The van der Waals surface area contributed by atoms with Crippen molar-refractivity contribution in [3.63, 3.8) is 0 Å². The zero-order valence-corrected chi connectivity index (χ0v) is 34.9. The molecular formula is C44H51N9O5S. The molecule has 15 heteroatoms. The van der Waals surface area contributed by atoms with Crippen molar-refractivity contribution in [3.8, 4) is 11.1 Å². The number of pyridine rings is 1. The van der Waals surface area contributed by atoms with Crippen molar-refractivity contribution in [1.29, 1.82) is 0 Å². The second-order valence-corrected chi connectivity index (χ2v) is 19.8. The zero-order chi connectivity index (χ0) is 41.0. The van der Waals surface area contributed by atoms with E-state index in [0.717, 1.165) is 89.2 Å². The highest BCUT2D eigenvalue weighted by atomic mass is 32.1. The van der Waals surface area contributed by atoms with E-state index in [1.165, 1.54) is 6.42 Å². The number of benzene rings is 1. The molecule has 0 amide bonds. The summed E-state index contributed by atoms with van der Waals surface area (Å²) < 4.78 is 10.1. The summed E-state index contributed by atoms with van der Waals surface area (Å²) in [5, 5.41) is 41.1. The van der Waals surface area contributed by atoms with Gasteiger partial charge in [-0.05, 0) is 106 Å². The van der Waals surface area contributed by atoms with Crippen LogP contribution in [-0.2, 0) is 22.5 Å². The number of hydrogen-bond acceptors (Lipinski definition) is 12. The third kappa shape index (κ3) is 5.97. The third-order valence-electron chi connectivity index (χ3n) is 14.7. The van der Waals surface area contributed by atoms with E-state index < -0.39 is 11.9 Å². The van der Waals surface area contributed by atoms with Gasteiger partial charge >= 0.3 is 11.9 Å². The van der Waals surface area contributed by atoms with Gasteiger partial charge < -0.3 is 30.5 Å². The van der Waals surface area contributed by atoms with Crippen LogP contribution in [0.15, 0.2) is 42.6 Å². The second kappa shape index (κ2) is 13.5. The Morgan fingerprint density at radius 1 is 0.949 bits per heavy atom. The molecule has 4 aromatic heterocycles. The van der Waals surface area contributed by atoms with Crippen molar-refractivity contribution in [1.82, 2.24) is 35.3 Å². The number of rotatable bonds is 14. The third-order valence-corrected chi connectivity index (χ3v) is 15.7. The molecule has 4 aliphatic carbocycles. The molecule has 4 N–H and O–H groups in total. The molecule has 10 rings (SSSR count). The van der Waals surface area contributed by atoms with E-state index in [9.17, 15) is 14.7 Å². The number of nitrogens with zero attached hydrogens (tertiary/aromatic N) is 7. The SMILES string of the molecule is Cc1c(Nc2nc3ccccc3s2)nnc2c1CCCN2c1ccc(-c2cnn(CC34CC5(C)CC6(OCCNCCC(=O)O)CC(C)(C3)C6(C5)C4)c2C)c(C(=O)O)n1. The van der Waals surface area contributed by atoms with Gasteiger partial charge in [0, 0.05) is 59.5 Å². The molecule has 4 saturated carbocycles. The van der Waals surface area contributed by atoms with Crippen molar-refractivity contribution in [2.75, 3.05) is 36.5 Å². The molecule has 5 aliphatic rings. The minimum absolute atomic E-state index is 0.0119. The summed E-state index contributed by atoms with van der Waals surface area (Å²) in [5.74, 6) is -0.00566. The lowest BCUT2D eigenvalue weighted by Crippen LogP contribution is -2.65. The molecule has 14 nitrogen and oxygen atoms in total. The minimum Gasteiger partial charge on any atom is -0.481 e. The average Bonchev–Trinajstić information content (AvgIpc) is 3.85. The maximum atomic E-state index is 12.9. The smallest absolute Gasteiger partial charge is 0.355 e. The van der Waals surface area contributed by atoms with E-state index in [1.54, 1.807) is 11.3 Å². The van der Waals surface area contributed by atoms with Gasteiger partial charge in [-0.1, -0.05) is 37.3 Å². The number of ether oxygens (including phenoxy) is 1. The number of para-hydroxylation sites is 1. The quantitative estimate of drug-likeness (QED) is 0.0802. The van der Waals surface area contributed by atoms with Crippen LogP contribution in [0.1, 0.15) is 92.5 Å². The summed E-state index contributed by atoms with van der Waals surface area (Å²) >= 11 is 1.57. The monoisotopic (exact) mass is 817 g/mol. The molecule has 4 fully saturated rings. The number of carboxylic acid groups (broad SMARTS) is 2. The molecule has 59 heavy (non-hydrogen) atoms. The van der Waals surface area contributed by atoms with Gasteiger partial charge in [-0.15, -0.1) is 10.2 Å². The van der Waals surface area contributed by atoms with Gasteiger partial charge in [0.1, 0.15) is 5.82 Å². The Morgan fingerprint density at radius 2 is 1.80 bits per heavy atom. The number of carboxylic acids is 2. The molecule has 1 spiro atoms. The predicted molar refractivity (Wildman–Crippen MR) is 225 cm³/mol. The van der Waals surface area contributed by atoms with Crippen molar-refractivity contribution in [2.24, 2.45) is 21.7 Å². The van der Waals surface area contributed by atoms with E-state index in [2.05, 4.69) is 39.4 Å². The van der Waals surface area contributed by atoms with Crippen LogP contribution in [0.5, 0.6) is 0 Å². The first-order valence-corrected chi connectivity index (χ1v) is 21.7. The van der Waals surface area contributed by atoms with Crippen LogP contribution in [0, 0.1) is 35.5 Å². The molecular weight excluding hydrogens is 767 g/mol. The number of aromatic carboxylic acids is 1. The fraction of sp³-hybridized carbons (Fsp3) is 0.523. The van der Waals surface area contributed by atoms with Crippen LogP contribution in [0.25, 0.3) is 21.3 Å². The molecule has 0 saturated heterocycles. The molecule has 5 aromatic rings. The highest BCUT2D eigenvalue weighted by Gasteiger charge is 2.85. The summed E-state index contributed by atoms with van der Waals surface area (Å²) in [6.07, 6.45) is 10.3. The fourth-order valence-corrected chi connectivity index (χ4v) is 13.9.